The van der Waals surface area contributed by atoms with Crippen molar-refractivity contribution in [2.75, 3.05) is 6.61 Å². The molecular formula is C19H44O2Si2. The van der Waals surface area contributed by atoms with Crippen LogP contribution >= 0.6 is 0 Å². The van der Waals surface area contributed by atoms with Gasteiger partial charge >= 0.3 is 0 Å². The standard InChI is InChI=1S/C19H44O2Si2/c1-12-13-14-15-17(21-23(10,11)19(5,6)7)16-20-22(8,9)18(2,3)4/h17H,12-16H2,1-11H3/t17-/m1/s1. The molecule has 0 rings (SSSR count). The zero-order valence-electron chi connectivity index (χ0n) is 17.9. The van der Waals surface area contributed by atoms with Crippen molar-refractivity contribution in [2.24, 2.45) is 0 Å². The molecule has 0 saturated carbocycles. The summed E-state index contributed by atoms with van der Waals surface area (Å²) in [6.07, 6.45) is 5.19. The summed E-state index contributed by atoms with van der Waals surface area (Å²) in [6.45, 7) is 26.3. The minimum Gasteiger partial charge on any atom is -0.414 e. The van der Waals surface area contributed by atoms with Crippen molar-refractivity contribution in [3.63, 3.8) is 0 Å². The molecule has 0 aromatic heterocycles. The Labute approximate surface area is 149 Å². The molecule has 1 atom stereocenters. The Hall–Kier alpha value is 0.354. The molecule has 0 bridgehead atoms. The Morgan fingerprint density at radius 3 is 1.65 bits per heavy atom. The summed E-state index contributed by atoms with van der Waals surface area (Å²) in [7, 11) is -3.44. The largest absolute Gasteiger partial charge is 0.414 e. The summed E-state index contributed by atoms with van der Waals surface area (Å²) in [5.74, 6) is 0. The van der Waals surface area contributed by atoms with Crippen LogP contribution in [0.5, 0.6) is 0 Å². The molecule has 0 spiro atoms. The normalized spacial score (nSPS) is 15.8. The maximum Gasteiger partial charge on any atom is 0.192 e. The van der Waals surface area contributed by atoms with E-state index in [1.807, 2.05) is 0 Å². The van der Waals surface area contributed by atoms with Crippen molar-refractivity contribution >= 4 is 16.6 Å². The smallest absolute Gasteiger partial charge is 0.192 e. The predicted molar refractivity (Wildman–Crippen MR) is 109 cm³/mol. The van der Waals surface area contributed by atoms with Crippen LogP contribution in [-0.2, 0) is 8.85 Å². The van der Waals surface area contributed by atoms with E-state index in [2.05, 4.69) is 74.7 Å². The molecule has 0 radical (unpaired) electrons. The van der Waals surface area contributed by atoms with Crippen LogP contribution in [-0.4, -0.2) is 29.3 Å². The van der Waals surface area contributed by atoms with E-state index in [1.54, 1.807) is 0 Å². The Morgan fingerprint density at radius 2 is 1.26 bits per heavy atom. The third kappa shape index (κ3) is 7.85. The highest BCUT2D eigenvalue weighted by molar-refractivity contribution is 6.74. The van der Waals surface area contributed by atoms with Crippen molar-refractivity contribution in [2.45, 2.75) is 117 Å². The topological polar surface area (TPSA) is 18.5 Å². The van der Waals surface area contributed by atoms with Crippen LogP contribution < -0.4 is 0 Å². The van der Waals surface area contributed by atoms with Crippen LogP contribution in [0.2, 0.25) is 36.3 Å². The molecule has 0 unspecified atom stereocenters. The van der Waals surface area contributed by atoms with Gasteiger partial charge in [-0.3, -0.25) is 0 Å². The highest BCUT2D eigenvalue weighted by Gasteiger charge is 2.41. The maximum absolute atomic E-state index is 6.69. The number of unbranched alkanes of at least 4 members (excludes halogenated alkanes) is 2. The molecule has 0 fully saturated rings. The highest BCUT2D eigenvalue weighted by atomic mass is 28.4. The summed E-state index contributed by atoms with van der Waals surface area (Å²) >= 11 is 0. The first-order chi connectivity index (χ1) is 10.1. The van der Waals surface area contributed by atoms with E-state index < -0.39 is 16.6 Å². The maximum atomic E-state index is 6.69. The molecule has 0 amide bonds. The van der Waals surface area contributed by atoms with Crippen LogP contribution in [0.15, 0.2) is 0 Å². The average Bonchev–Trinajstić information content (AvgIpc) is 2.33. The van der Waals surface area contributed by atoms with E-state index >= 15 is 0 Å². The monoisotopic (exact) mass is 360 g/mol. The van der Waals surface area contributed by atoms with Gasteiger partial charge < -0.3 is 8.85 Å². The lowest BCUT2D eigenvalue weighted by Crippen LogP contribution is -2.47. The molecular weight excluding hydrogens is 316 g/mol. The zero-order valence-corrected chi connectivity index (χ0v) is 19.9. The quantitative estimate of drug-likeness (QED) is 0.326. The Kier molecular flexibility index (Phi) is 8.77. The molecule has 0 aromatic rings. The van der Waals surface area contributed by atoms with E-state index in [9.17, 15) is 0 Å². The number of hydrogen-bond donors (Lipinski definition) is 0. The van der Waals surface area contributed by atoms with Crippen LogP contribution in [0.1, 0.15) is 74.1 Å². The van der Waals surface area contributed by atoms with E-state index in [0.29, 0.717) is 0 Å². The van der Waals surface area contributed by atoms with Gasteiger partial charge in [0, 0.05) is 0 Å². The predicted octanol–water partition coefficient (Wildman–Crippen LogP) is 6.98. The van der Waals surface area contributed by atoms with Crippen molar-refractivity contribution < 1.29 is 8.85 Å². The van der Waals surface area contributed by atoms with Gasteiger partial charge in [0.05, 0.1) is 12.7 Å². The van der Waals surface area contributed by atoms with Crippen molar-refractivity contribution in [3.8, 4) is 0 Å². The number of rotatable bonds is 9. The van der Waals surface area contributed by atoms with E-state index in [0.717, 1.165) is 13.0 Å². The second kappa shape index (κ2) is 8.64. The Morgan fingerprint density at radius 1 is 0.783 bits per heavy atom. The van der Waals surface area contributed by atoms with Crippen LogP contribution in [0.25, 0.3) is 0 Å². The summed E-state index contributed by atoms with van der Waals surface area (Å²) in [4.78, 5) is 0. The average molecular weight is 361 g/mol. The van der Waals surface area contributed by atoms with Crippen LogP contribution in [0.4, 0.5) is 0 Å². The van der Waals surface area contributed by atoms with Gasteiger partial charge in [-0.1, -0.05) is 67.7 Å². The summed E-state index contributed by atoms with van der Waals surface area (Å²) < 4.78 is 13.2. The van der Waals surface area contributed by atoms with Gasteiger partial charge in [-0.2, -0.15) is 0 Å². The summed E-state index contributed by atoms with van der Waals surface area (Å²) in [6, 6.07) is 0. The molecule has 0 aliphatic carbocycles. The summed E-state index contributed by atoms with van der Waals surface area (Å²) in [5, 5.41) is 0.519. The second-order valence-electron chi connectivity index (χ2n) is 10.1. The molecule has 0 heterocycles. The molecule has 140 valence electrons. The van der Waals surface area contributed by atoms with E-state index in [-0.39, 0.29) is 16.2 Å². The van der Waals surface area contributed by atoms with Crippen molar-refractivity contribution in [3.05, 3.63) is 0 Å². The van der Waals surface area contributed by atoms with Gasteiger partial charge in [0.1, 0.15) is 0 Å². The van der Waals surface area contributed by atoms with Crippen molar-refractivity contribution in [1.29, 1.82) is 0 Å². The van der Waals surface area contributed by atoms with E-state index in [4.69, 9.17) is 8.85 Å². The van der Waals surface area contributed by atoms with Crippen molar-refractivity contribution in [1.82, 2.24) is 0 Å². The molecule has 0 aliphatic heterocycles. The third-order valence-electron chi connectivity index (χ3n) is 5.83. The molecule has 2 nitrogen and oxygen atoms in total. The van der Waals surface area contributed by atoms with Crippen LogP contribution in [0, 0.1) is 0 Å². The van der Waals surface area contributed by atoms with Gasteiger partial charge in [-0.15, -0.1) is 0 Å². The van der Waals surface area contributed by atoms with Gasteiger partial charge in [0.15, 0.2) is 16.6 Å². The molecule has 0 aromatic carbocycles. The molecule has 0 aliphatic rings. The highest BCUT2D eigenvalue weighted by Crippen LogP contribution is 2.39. The third-order valence-corrected chi connectivity index (χ3v) is 14.9. The van der Waals surface area contributed by atoms with Gasteiger partial charge in [-0.25, -0.2) is 0 Å². The fraction of sp³-hybridized carbons (Fsp3) is 1.00. The van der Waals surface area contributed by atoms with Crippen LogP contribution in [0.3, 0.4) is 0 Å². The molecule has 0 saturated heterocycles. The van der Waals surface area contributed by atoms with Gasteiger partial charge in [0.2, 0.25) is 0 Å². The SMILES string of the molecule is CCCCC[C@H](CO[Si](C)(C)C(C)(C)C)O[Si](C)(C)C(C)(C)C. The molecule has 23 heavy (non-hydrogen) atoms. The lowest BCUT2D eigenvalue weighted by molar-refractivity contribution is 0.0982. The summed E-state index contributed by atoms with van der Waals surface area (Å²) in [5.41, 5.74) is 0. The number of hydrogen-bond acceptors (Lipinski definition) is 2. The Balaban J connectivity index is 4.89. The lowest BCUT2D eigenvalue weighted by atomic mass is 10.1. The van der Waals surface area contributed by atoms with Gasteiger partial charge in [-0.05, 0) is 42.7 Å². The zero-order chi connectivity index (χ0) is 18.5. The van der Waals surface area contributed by atoms with E-state index in [1.165, 1.54) is 19.3 Å². The molecule has 0 N–H and O–H groups in total. The fourth-order valence-corrected chi connectivity index (χ4v) is 4.32. The first kappa shape index (κ1) is 23.4. The fourth-order valence-electron chi connectivity index (χ4n) is 1.91. The second-order valence-corrected chi connectivity index (χ2v) is 19.6. The first-order valence-corrected chi connectivity index (χ1v) is 15.3. The first-order valence-electron chi connectivity index (χ1n) is 9.46. The molecule has 4 heteroatoms. The Bertz CT molecular complexity index is 338. The minimum atomic E-state index is -1.73. The lowest BCUT2D eigenvalue weighted by Gasteiger charge is -2.41. The minimum absolute atomic E-state index is 0.257. The van der Waals surface area contributed by atoms with Gasteiger partial charge in [0.25, 0.3) is 0 Å².